The third-order valence-electron chi connectivity index (χ3n) is 4.99. The summed E-state index contributed by atoms with van der Waals surface area (Å²) in [6, 6.07) is 10.6. The van der Waals surface area contributed by atoms with Gasteiger partial charge in [-0.3, -0.25) is 9.67 Å². The zero-order valence-corrected chi connectivity index (χ0v) is 14.6. The predicted molar refractivity (Wildman–Crippen MR) is 99.6 cm³/mol. The number of benzene rings is 1. The van der Waals surface area contributed by atoms with Crippen LogP contribution in [0.3, 0.4) is 0 Å². The van der Waals surface area contributed by atoms with Gasteiger partial charge in [0.2, 0.25) is 0 Å². The van der Waals surface area contributed by atoms with E-state index < -0.39 is 0 Å². The van der Waals surface area contributed by atoms with E-state index in [-0.39, 0.29) is 6.10 Å². The quantitative estimate of drug-likeness (QED) is 0.764. The number of nitrogens with one attached hydrogen (secondary N) is 1. The number of hydrogen-bond donors (Lipinski definition) is 1. The van der Waals surface area contributed by atoms with Crippen LogP contribution in [0, 0.1) is 5.92 Å². The zero-order valence-electron chi connectivity index (χ0n) is 14.6. The molecule has 0 saturated carbocycles. The fourth-order valence-electron chi connectivity index (χ4n) is 3.67. The van der Waals surface area contributed by atoms with Gasteiger partial charge in [-0.25, -0.2) is 0 Å². The van der Waals surface area contributed by atoms with Crippen LogP contribution in [-0.2, 0) is 11.3 Å². The van der Waals surface area contributed by atoms with Gasteiger partial charge in [0.05, 0.1) is 5.69 Å². The van der Waals surface area contributed by atoms with Gasteiger partial charge in [-0.1, -0.05) is 6.07 Å². The van der Waals surface area contributed by atoms with Crippen LogP contribution in [0.25, 0.3) is 10.8 Å². The molecule has 1 N–H and O–H groups in total. The van der Waals surface area contributed by atoms with Gasteiger partial charge in [-0.05, 0) is 49.4 Å². The van der Waals surface area contributed by atoms with Gasteiger partial charge in [0.15, 0.2) is 0 Å². The first-order chi connectivity index (χ1) is 12.3. The number of ether oxygens (including phenoxy) is 1. The lowest BCUT2D eigenvalue weighted by molar-refractivity contribution is -0.0288. The van der Waals surface area contributed by atoms with Gasteiger partial charge in [0.25, 0.3) is 0 Å². The average molecular weight is 336 g/mol. The zero-order chi connectivity index (χ0) is 17.1. The van der Waals surface area contributed by atoms with E-state index in [1.165, 1.54) is 22.9 Å². The van der Waals surface area contributed by atoms with Crippen LogP contribution in [0.2, 0.25) is 0 Å². The van der Waals surface area contributed by atoms with Crippen molar-refractivity contribution in [2.45, 2.75) is 32.4 Å². The molecule has 0 aliphatic carbocycles. The molecule has 3 heterocycles. The molecule has 5 nitrogen and oxygen atoms in total. The second kappa shape index (κ2) is 7.23. The van der Waals surface area contributed by atoms with Crippen LogP contribution in [0.4, 0.5) is 5.69 Å². The topological polar surface area (TPSA) is 52.0 Å². The fraction of sp³-hybridized carbons (Fsp3) is 0.400. The Morgan fingerprint density at radius 2 is 2.16 bits per heavy atom. The van der Waals surface area contributed by atoms with Crippen LogP contribution in [-0.4, -0.2) is 27.9 Å². The Morgan fingerprint density at radius 1 is 1.20 bits per heavy atom. The Labute approximate surface area is 148 Å². The van der Waals surface area contributed by atoms with Crippen LogP contribution < -0.4 is 5.32 Å². The summed E-state index contributed by atoms with van der Waals surface area (Å²) in [6.45, 7) is 4.73. The second-order valence-corrected chi connectivity index (χ2v) is 6.58. The minimum Gasteiger partial charge on any atom is -0.385 e. The van der Waals surface area contributed by atoms with Crippen molar-refractivity contribution in [1.82, 2.24) is 14.8 Å². The van der Waals surface area contributed by atoms with Crippen LogP contribution in [0.5, 0.6) is 0 Å². The van der Waals surface area contributed by atoms with Crippen molar-refractivity contribution in [3.63, 3.8) is 0 Å². The SMILES string of the molecule is CCn1nccc1[C@@H]1OCCC[C@H]1CNc1ccc2cnccc2c1. The molecule has 0 radical (unpaired) electrons. The number of aryl methyl sites for hydroxylation is 1. The van der Waals surface area contributed by atoms with Crippen molar-refractivity contribution in [1.29, 1.82) is 0 Å². The summed E-state index contributed by atoms with van der Waals surface area (Å²) in [5.41, 5.74) is 2.34. The molecule has 1 aromatic carbocycles. The maximum Gasteiger partial charge on any atom is 0.104 e. The molecule has 4 rings (SSSR count). The predicted octanol–water partition coefficient (Wildman–Crippen LogP) is 4.03. The van der Waals surface area contributed by atoms with E-state index in [2.05, 4.69) is 46.6 Å². The van der Waals surface area contributed by atoms with Crippen molar-refractivity contribution in [3.8, 4) is 0 Å². The standard InChI is InChI=1S/C20H24N4O/c1-2-24-19(8-10-23-24)20-17(4-3-11-25-20)14-22-18-6-5-16-13-21-9-7-15(16)12-18/h5-10,12-13,17,20,22H,2-4,11,14H2,1H3/t17-,20+/m0/s1. The van der Waals surface area contributed by atoms with Gasteiger partial charge in [-0.2, -0.15) is 5.10 Å². The molecule has 25 heavy (non-hydrogen) atoms. The van der Waals surface area contributed by atoms with E-state index in [0.717, 1.165) is 31.8 Å². The number of pyridine rings is 1. The molecule has 1 saturated heterocycles. The average Bonchev–Trinajstić information content (AvgIpc) is 3.15. The van der Waals surface area contributed by atoms with E-state index in [4.69, 9.17) is 4.74 Å². The van der Waals surface area contributed by atoms with E-state index in [9.17, 15) is 0 Å². The number of hydrogen-bond acceptors (Lipinski definition) is 4. The molecule has 130 valence electrons. The molecule has 0 unspecified atom stereocenters. The van der Waals surface area contributed by atoms with Crippen molar-refractivity contribution in [2.24, 2.45) is 5.92 Å². The lowest BCUT2D eigenvalue weighted by Crippen LogP contribution is -2.30. The minimum absolute atomic E-state index is 0.119. The highest BCUT2D eigenvalue weighted by molar-refractivity contribution is 5.84. The number of rotatable bonds is 5. The summed E-state index contributed by atoms with van der Waals surface area (Å²) in [4.78, 5) is 4.17. The Bertz CT molecular complexity index is 844. The van der Waals surface area contributed by atoms with Gasteiger partial charge >= 0.3 is 0 Å². The molecular formula is C20H24N4O. The number of anilines is 1. The largest absolute Gasteiger partial charge is 0.385 e. The smallest absolute Gasteiger partial charge is 0.104 e. The maximum absolute atomic E-state index is 6.13. The Hall–Kier alpha value is -2.40. The first-order valence-corrected chi connectivity index (χ1v) is 9.06. The summed E-state index contributed by atoms with van der Waals surface area (Å²) in [5.74, 6) is 0.448. The molecule has 0 spiro atoms. The summed E-state index contributed by atoms with van der Waals surface area (Å²) < 4.78 is 8.17. The molecule has 0 amide bonds. The third kappa shape index (κ3) is 3.37. The van der Waals surface area contributed by atoms with Crippen LogP contribution >= 0.6 is 0 Å². The van der Waals surface area contributed by atoms with Crippen molar-refractivity contribution in [3.05, 3.63) is 54.6 Å². The van der Waals surface area contributed by atoms with Gasteiger partial charge < -0.3 is 10.1 Å². The molecular weight excluding hydrogens is 312 g/mol. The van der Waals surface area contributed by atoms with Crippen LogP contribution in [0.15, 0.2) is 48.9 Å². The molecule has 1 aliphatic rings. The summed E-state index contributed by atoms with van der Waals surface area (Å²) in [5, 5.41) is 10.4. The number of fused-ring (bicyclic) bond motifs is 1. The van der Waals surface area contributed by atoms with Crippen LogP contribution in [0.1, 0.15) is 31.6 Å². The normalized spacial score (nSPS) is 20.7. The molecule has 0 bridgehead atoms. The minimum atomic E-state index is 0.119. The summed E-state index contributed by atoms with van der Waals surface area (Å²) >= 11 is 0. The molecule has 2 aromatic heterocycles. The van der Waals surface area contributed by atoms with Gasteiger partial charge in [0.1, 0.15) is 6.10 Å². The van der Waals surface area contributed by atoms with E-state index in [0.29, 0.717) is 5.92 Å². The summed E-state index contributed by atoms with van der Waals surface area (Å²) in [6.07, 6.45) is 8.02. The number of nitrogens with zero attached hydrogens (tertiary/aromatic N) is 3. The lowest BCUT2D eigenvalue weighted by atomic mass is 9.92. The molecule has 5 heteroatoms. The van der Waals surface area contributed by atoms with E-state index >= 15 is 0 Å². The van der Waals surface area contributed by atoms with Crippen molar-refractivity contribution < 1.29 is 4.74 Å². The fourth-order valence-corrected chi connectivity index (χ4v) is 3.67. The summed E-state index contributed by atoms with van der Waals surface area (Å²) in [7, 11) is 0. The first-order valence-electron chi connectivity index (χ1n) is 9.06. The van der Waals surface area contributed by atoms with E-state index in [1.54, 1.807) is 0 Å². The Kier molecular flexibility index (Phi) is 4.65. The first kappa shape index (κ1) is 16.1. The maximum atomic E-state index is 6.13. The molecule has 1 fully saturated rings. The lowest BCUT2D eigenvalue weighted by Gasteiger charge is -2.32. The van der Waals surface area contributed by atoms with E-state index in [1.807, 2.05) is 29.3 Å². The third-order valence-corrected chi connectivity index (χ3v) is 4.99. The Morgan fingerprint density at radius 3 is 3.08 bits per heavy atom. The van der Waals surface area contributed by atoms with Crippen molar-refractivity contribution in [2.75, 3.05) is 18.5 Å². The second-order valence-electron chi connectivity index (χ2n) is 6.58. The van der Waals surface area contributed by atoms with Gasteiger partial charge in [-0.15, -0.1) is 0 Å². The highest BCUT2D eigenvalue weighted by atomic mass is 16.5. The molecule has 3 aromatic rings. The van der Waals surface area contributed by atoms with Crippen molar-refractivity contribution >= 4 is 16.5 Å². The number of aromatic nitrogens is 3. The molecule has 1 aliphatic heterocycles. The highest BCUT2D eigenvalue weighted by Crippen LogP contribution is 2.34. The highest BCUT2D eigenvalue weighted by Gasteiger charge is 2.29. The van der Waals surface area contributed by atoms with Gasteiger partial charge in [0, 0.05) is 55.3 Å². The Balaban J connectivity index is 1.49. The monoisotopic (exact) mass is 336 g/mol. The molecule has 2 atom stereocenters.